The van der Waals surface area contributed by atoms with Crippen molar-refractivity contribution in [2.45, 2.75) is 25.8 Å². The minimum atomic E-state index is -0.864. The monoisotopic (exact) mass is 303 g/mol. The molecule has 0 saturated carbocycles. The molecule has 0 radical (unpaired) electrons. The largest absolute Gasteiger partial charge is 0.481 e. The first-order chi connectivity index (χ1) is 10.1. The van der Waals surface area contributed by atoms with Gasteiger partial charge in [0.2, 0.25) is 0 Å². The predicted octanol–water partition coefficient (Wildman–Crippen LogP) is 3.26. The summed E-state index contributed by atoms with van der Waals surface area (Å²) in [4.78, 5) is 24.1. The molecule has 0 bridgehead atoms. The van der Waals surface area contributed by atoms with E-state index in [1.54, 1.807) is 29.5 Å². The van der Waals surface area contributed by atoms with E-state index in [1.165, 1.54) is 0 Å². The maximum atomic E-state index is 12.4. The van der Waals surface area contributed by atoms with Crippen LogP contribution < -0.4 is 5.32 Å². The Hall–Kier alpha value is -2.14. The number of benzene rings is 1. The summed E-state index contributed by atoms with van der Waals surface area (Å²) in [6, 6.07) is 11.0. The molecule has 2 rings (SSSR count). The number of carbonyl (C=O) groups is 2. The first-order valence-electron chi connectivity index (χ1n) is 6.72. The molecule has 0 aliphatic carbocycles. The molecular formula is C16H17NO3S. The highest BCUT2D eigenvalue weighted by Gasteiger charge is 2.15. The van der Waals surface area contributed by atoms with Gasteiger partial charge in [0, 0.05) is 16.9 Å². The highest BCUT2D eigenvalue weighted by molar-refractivity contribution is 7.10. The van der Waals surface area contributed by atoms with Crippen molar-refractivity contribution in [3.05, 3.63) is 57.8 Å². The zero-order chi connectivity index (χ0) is 15.2. The van der Waals surface area contributed by atoms with Gasteiger partial charge in [-0.15, -0.1) is 11.3 Å². The summed E-state index contributed by atoms with van der Waals surface area (Å²) in [7, 11) is 0. The van der Waals surface area contributed by atoms with Gasteiger partial charge in [0.1, 0.15) is 0 Å². The number of hydrogen-bond donors (Lipinski definition) is 2. The van der Waals surface area contributed by atoms with E-state index in [1.807, 2.05) is 30.5 Å². The lowest BCUT2D eigenvalue weighted by molar-refractivity contribution is -0.136. The zero-order valence-electron chi connectivity index (χ0n) is 11.7. The Labute approximate surface area is 127 Å². The SMILES string of the molecule is CC(NC(=O)c1ccccc1CCC(=O)O)c1cccs1. The summed E-state index contributed by atoms with van der Waals surface area (Å²) in [5.74, 6) is -1.03. The predicted molar refractivity (Wildman–Crippen MR) is 82.6 cm³/mol. The maximum Gasteiger partial charge on any atom is 0.303 e. The molecule has 0 spiro atoms. The third-order valence-corrected chi connectivity index (χ3v) is 4.24. The molecule has 21 heavy (non-hydrogen) atoms. The minimum absolute atomic E-state index is 0.0186. The Morgan fingerprint density at radius 1 is 1.24 bits per heavy atom. The molecule has 5 heteroatoms. The lowest BCUT2D eigenvalue weighted by Crippen LogP contribution is -2.27. The van der Waals surface area contributed by atoms with Gasteiger partial charge in [-0.05, 0) is 36.4 Å². The van der Waals surface area contributed by atoms with Crippen molar-refractivity contribution < 1.29 is 14.7 Å². The lowest BCUT2D eigenvalue weighted by atomic mass is 10.0. The van der Waals surface area contributed by atoms with Gasteiger partial charge in [0.05, 0.1) is 6.04 Å². The van der Waals surface area contributed by atoms with Crippen molar-refractivity contribution in [2.24, 2.45) is 0 Å². The zero-order valence-corrected chi connectivity index (χ0v) is 12.5. The first-order valence-corrected chi connectivity index (χ1v) is 7.60. The number of amides is 1. The highest BCUT2D eigenvalue weighted by atomic mass is 32.1. The number of carbonyl (C=O) groups excluding carboxylic acids is 1. The summed E-state index contributed by atoms with van der Waals surface area (Å²) in [6.07, 6.45) is 0.372. The normalized spacial score (nSPS) is 11.9. The Morgan fingerprint density at radius 2 is 2.00 bits per heavy atom. The van der Waals surface area contributed by atoms with Crippen LogP contribution in [0.25, 0.3) is 0 Å². The fraction of sp³-hybridized carbons (Fsp3) is 0.250. The van der Waals surface area contributed by atoms with Crippen LogP contribution in [0.1, 0.15) is 40.2 Å². The van der Waals surface area contributed by atoms with Crippen LogP contribution in [0.4, 0.5) is 0 Å². The Kier molecular flexibility index (Phi) is 5.11. The Bertz CT molecular complexity index is 622. The van der Waals surface area contributed by atoms with Crippen molar-refractivity contribution in [3.8, 4) is 0 Å². The number of rotatable bonds is 6. The second-order valence-electron chi connectivity index (χ2n) is 4.76. The van der Waals surface area contributed by atoms with E-state index in [4.69, 9.17) is 5.11 Å². The average molecular weight is 303 g/mol. The quantitative estimate of drug-likeness (QED) is 0.861. The van der Waals surface area contributed by atoms with Crippen molar-refractivity contribution >= 4 is 23.2 Å². The van der Waals surface area contributed by atoms with Crippen LogP contribution in [0.3, 0.4) is 0 Å². The maximum absolute atomic E-state index is 12.4. The van der Waals surface area contributed by atoms with Crippen LogP contribution in [0.5, 0.6) is 0 Å². The van der Waals surface area contributed by atoms with E-state index in [0.717, 1.165) is 10.4 Å². The number of aliphatic carboxylic acids is 1. The van der Waals surface area contributed by atoms with Gasteiger partial charge in [-0.3, -0.25) is 9.59 Å². The molecule has 1 aromatic heterocycles. The van der Waals surface area contributed by atoms with E-state index in [-0.39, 0.29) is 18.4 Å². The molecule has 0 fully saturated rings. The molecule has 1 unspecified atom stereocenters. The third kappa shape index (κ3) is 4.16. The Morgan fingerprint density at radius 3 is 2.67 bits per heavy atom. The fourth-order valence-electron chi connectivity index (χ4n) is 2.08. The number of carboxylic acid groups (broad SMARTS) is 1. The highest BCUT2D eigenvalue weighted by Crippen LogP contribution is 2.19. The van der Waals surface area contributed by atoms with E-state index in [9.17, 15) is 9.59 Å². The second-order valence-corrected chi connectivity index (χ2v) is 5.74. The Balaban J connectivity index is 2.10. The average Bonchev–Trinajstić information content (AvgIpc) is 2.99. The van der Waals surface area contributed by atoms with Gasteiger partial charge in [-0.2, -0.15) is 0 Å². The third-order valence-electron chi connectivity index (χ3n) is 3.19. The first kappa shape index (κ1) is 15.3. The molecule has 1 amide bonds. The van der Waals surface area contributed by atoms with E-state index in [0.29, 0.717) is 12.0 Å². The lowest BCUT2D eigenvalue weighted by Gasteiger charge is -2.14. The summed E-state index contributed by atoms with van der Waals surface area (Å²) in [6.45, 7) is 1.93. The van der Waals surface area contributed by atoms with Crippen LogP contribution in [-0.4, -0.2) is 17.0 Å². The number of aryl methyl sites for hydroxylation is 1. The van der Waals surface area contributed by atoms with E-state index < -0.39 is 5.97 Å². The molecule has 0 saturated heterocycles. The van der Waals surface area contributed by atoms with E-state index in [2.05, 4.69) is 5.32 Å². The number of hydrogen-bond acceptors (Lipinski definition) is 3. The summed E-state index contributed by atoms with van der Waals surface area (Å²) in [5, 5.41) is 13.7. The van der Waals surface area contributed by atoms with Crippen molar-refractivity contribution in [1.29, 1.82) is 0 Å². The fourth-order valence-corrected chi connectivity index (χ4v) is 2.82. The molecule has 1 atom stereocenters. The van der Waals surface area contributed by atoms with Crippen LogP contribution in [0.2, 0.25) is 0 Å². The summed E-state index contributed by atoms with van der Waals surface area (Å²) in [5.41, 5.74) is 1.30. The topological polar surface area (TPSA) is 66.4 Å². The number of nitrogens with one attached hydrogen (secondary N) is 1. The number of carboxylic acids is 1. The molecule has 4 nitrogen and oxygen atoms in total. The standard InChI is InChI=1S/C16H17NO3S/c1-11(14-7-4-10-21-14)17-16(20)13-6-3-2-5-12(13)8-9-15(18)19/h2-7,10-11H,8-9H2,1H3,(H,17,20)(H,18,19). The molecule has 1 heterocycles. The minimum Gasteiger partial charge on any atom is -0.481 e. The van der Waals surface area contributed by atoms with Gasteiger partial charge in [0.15, 0.2) is 0 Å². The van der Waals surface area contributed by atoms with Gasteiger partial charge in [0.25, 0.3) is 5.91 Å². The summed E-state index contributed by atoms with van der Waals surface area (Å²) < 4.78 is 0. The molecule has 2 aromatic rings. The van der Waals surface area contributed by atoms with Crippen molar-refractivity contribution in [3.63, 3.8) is 0 Å². The molecule has 0 aliphatic heterocycles. The summed E-state index contributed by atoms with van der Waals surface area (Å²) >= 11 is 1.59. The van der Waals surface area contributed by atoms with Gasteiger partial charge in [-0.25, -0.2) is 0 Å². The van der Waals surface area contributed by atoms with Crippen molar-refractivity contribution in [2.75, 3.05) is 0 Å². The van der Waals surface area contributed by atoms with Crippen LogP contribution >= 0.6 is 11.3 Å². The molecule has 2 N–H and O–H groups in total. The molecule has 110 valence electrons. The smallest absolute Gasteiger partial charge is 0.303 e. The van der Waals surface area contributed by atoms with Crippen LogP contribution in [-0.2, 0) is 11.2 Å². The second kappa shape index (κ2) is 7.04. The van der Waals surface area contributed by atoms with Gasteiger partial charge in [-0.1, -0.05) is 24.3 Å². The number of thiophene rings is 1. The van der Waals surface area contributed by atoms with Crippen LogP contribution in [0.15, 0.2) is 41.8 Å². The van der Waals surface area contributed by atoms with Crippen LogP contribution in [0, 0.1) is 0 Å². The van der Waals surface area contributed by atoms with Crippen molar-refractivity contribution in [1.82, 2.24) is 5.32 Å². The molecule has 1 aromatic carbocycles. The molecule has 0 aliphatic rings. The van der Waals surface area contributed by atoms with E-state index >= 15 is 0 Å². The van der Waals surface area contributed by atoms with Gasteiger partial charge >= 0.3 is 5.97 Å². The van der Waals surface area contributed by atoms with Gasteiger partial charge < -0.3 is 10.4 Å². The molecular weight excluding hydrogens is 286 g/mol.